The molecule has 148 valence electrons. The first kappa shape index (κ1) is 20.3. The molecule has 0 aliphatic heterocycles. The Morgan fingerprint density at radius 2 is 1.89 bits per heavy atom. The Bertz CT molecular complexity index is 756. The number of hydrogen-bond donors (Lipinski definition) is 3. The van der Waals surface area contributed by atoms with Gasteiger partial charge in [0, 0.05) is 36.1 Å². The van der Waals surface area contributed by atoms with Crippen LogP contribution in [0.3, 0.4) is 0 Å². The van der Waals surface area contributed by atoms with Gasteiger partial charge in [-0.1, -0.05) is 13.8 Å². The summed E-state index contributed by atoms with van der Waals surface area (Å²) in [6, 6.07) is 2.72. The van der Waals surface area contributed by atoms with Gasteiger partial charge in [-0.15, -0.1) is 11.3 Å². The van der Waals surface area contributed by atoms with E-state index in [1.54, 1.807) is 11.3 Å². The quantitative estimate of drug-likeness (QED) is 0.610. The first-order valence-corrected chi connectivity index (χ1v) is 10.2. The Morgan fingerprint density at radius 1 is 1.22 bits per heavy atom. The molecule has 0 radical (unpaired) electrons. The highest BCUT2D eigenvalue weighted by Crippen LogP contribution is 2.47. The molecule has 1 fully saturated rings. The van der Waals surface area contributed by atoms with Crippen LogP contribution in [0, 0.1) is 17.6 Å². The monoisotopic (exact) mass is 395 g/mol. The van der Waals surface area contributed by atoms with E-state index < -0.39 is 23.8 Å². The molecule has 27 heavy (non-hydrogen) atoms. The van der Waals surface area contributed by atoms with Gasteiger partial charge in [-0.2, -0.15) is 0 Å². The van der Waals surface area contributed by atoms with Crippen LogP contribution in [-0.2, 0) is 18.4 Å². The van der Waals surface area contributed by atoms with Crippen molar-refractivity contribution in [1.29, 1.82) is 0 Å². The molecule has 0 spiro atoms. The predicted octanol–water partition coefficient (Wildman–Crippen LogP) is 3.13. The Labute approximate surface area is 162 Å². The zero-order valence-corrected chi connectivity index (χ0v) is 16.5. The number of aliphatic hydroxyl groups excluding tert-OH is 1. The molecule has 2 atom stereocenters. The smallest absolute Gasteiger partial charge is 0.126 e. The summed E-state index contributed by atoms with van der Waals surface area (Å²) in [5.74, 6) is -0.701. The highest BCUT2D eigenvalue weighted by molar-refractivity contribution is 7.11. The number of aromatic nitrogens is 1. The van der Waals surface area contributed by atoms with Gasteiger partial charge in [0.1, 0.15) is 11.6 Å². The standard InChI is InChI=1S/C20H27F2N3OS/c1-12(2)5-19-24-11-18(27-19)20(3-4-20)25-10-17(26)16(23)8-13-6-14(21)9-15(22)7-13/h6-7,9,11-12,16-17,25-26H,3-5,8,10,23H2,1-2H3/t16-,17+/m0/s1. The van der Waals surface area contributed by atoms with Crippen LogP contribution in [0.2, 0.25) is 0 Å². The molecule has 1 aliphatic carbocycles. The summed E-state index contributed by atoms with van der Waals surface area (Å²) >= 11 is 1.73. The third-order valence-corrected chi connectivity index (χ3v) is 6.12. The van der Waals surface area contributed by atoms with E-state index in [4.69, 9.17) is 5.73 Å². The predicted molar refractivity (Wildman–Crippen MR) is 104 cm³/mol. The fraction of sp³-hybridized carbons (Fsp3) is 0.550. The summed E-state index contributed by atoms with van der Waals surface area (Å²) in [5, 5.41) is 15.0. The summed E-state index contributed by atoms with van der Waals surface area (Å²) in [4.78, 5) is 5.72. The van der Waals surface area contributed by atoms with Crippen molar-refractivity contribution in [3.8, 4) is 0 Å². The number of nitrogens with zero attached hydrogens (tertiary/aromatic N) is 1. The average molecular weight is 396 g/mol. The summed E-state index contributed by atoms with van der Waals surface area (Å²) in [5.41, 5.74) is 6.38. The maximum absolute atomic E-state index is 13.3. The van der Waals surface area contributed by atoms with Crippen LogP contribution >= 0.6 is 11.3 Å². The fourth-order valence-corrected chi connectivity index (χ4v) is 4.55. The van der Waals surface area contributed by atoms with Crippen LogP contribution in [-0.4, -0.2) is 28.8 Å². The lowest BCUT2D eigenvalue weighted by Crippen LogP contribution is -2.45. The topological polar surface area (TPSA) is 71.2 Å². The minimum absolute atomic E-state index is 0.113. The molecule has 1 heterocycles. The maximum atomic E-state index is 13.3. The maximum Gasteiger partial charge on any atom is 0.126 e. The lowest BCUT2D eigenvalue weighted by Gasteiger charge is -2.23. The molecule has 2 aromatic rings. The second-order valence-electron chi connectivity index (χ2n) is 7.89. The Balaban J connectivity index is 1.54. The highest BCUT2D eigenvalue weighted by atomic mass is 32.1. The lowest BCUT2D eigenvalue weighted by molar-refractivity contribution is 0.136. The van der Waals surface area contributed by atoms with E-state index in [0.29, 0.717) is 18.0 Å². The summed E-state index contributed by atoms with van der Waals surface area (Å²) < 4.78 is 26.6. The van der Waals surface area contributed by atoms with E-state index in [1.807, 2.05) is 6.20 Å². The van der Waals surface area contributed by atoms with Crippen LogP contribution in [0.1, 0.15) is 42.1 Å². The zero-order valence-electron chi connectivity index (χ0n) is 15.7. The van der Waals surface area contributed by atoms with Crippen molar-refractivity contribution in [3.05, 3.63) is 51.5 Å². The van der Waals surface area contributed by atoms with Crippen molar-refractivity contribution in [2.45, 2.75) is 57.2 Å². The number of nitrogens with two attached hydrogens (primary N) is 1. The Hall–Kier alpha value is -1.41. The van der Waals surface area contributed by atoms with Gasteiger partial charge in [0.2, 0.25) is 0 Å². The Kier molecular flexibility index (Phi) is 6.25. The molecule has 0 saturated heterocycles. The first-order chi connectivity index (χ1) is 12.8. The molecule has 1 saturated carbocycles. The number of halogens is 2. The lowest BCUT2D eigenvalue weighted by atomic mass is 10.0. The van der Waals surface area contributed by atoms with Crippen LogP contribution in [0.15, 0.2) is 24.4 Å². The number of nitrogens with one attached hydrogen (secondary N) is 1. The second kappa shape index (κ2) is 8.31. The van der Waals surface area contributed by atoms with Gasteiger partial charge >= 0.3 is 0 Å². The third-order valence-electron chi connectivity index (χ3n) is 4.90. The third kappa shape index (κ3) is 5.31. The van der Waals surface area contributed by atoms with Crippen LogP contribution < -0.4 is 11.1 Å². The number of thiazole rings is 1. The van der Waals surface area contributed by atoms with Gasteiger partial charge in [-0.25, -0.2) is 13.8 Å². The Morgan fingerprint density at radius 3 is 2.48 bits per heavy atom. The minimum atomic E-state index is -0.808. The van der Waals surface area contributed by atoms with E-state index in [9.17, 15) is 13.9 Å². The first-order valence-electron chi connectivity index (χ1n) is 9.36. The number of hydrogen-bond acceptors (Lipinski definition) is 5. The van der Waals surface area contributed by atoms with Crippen molar-refractivity contribution < 1.29 is 13.9 Å². The summed E-state index contributed by atoms with van der Waals surface area (Å²) in [7, 11) is 0. The molecule has 0 unspecified atom stereocenters. The van der Waals surface area contributed by atoms with Gasteiger partial charge in [0.25, 0.3) is 0 Å². The van der Waals surface area contributed by atoms with E-state index in [-0.39, 0.29) is 12.0 Å². The fourth-order valence-electron chi connectivity index (χ4n) is 3.20. The SMILES string of the molecule is CC(C)Cc1ncc(C2(NC[C@@H](O)[C@@H](N)Cc3cc(F)cc(F)c3)CC2)s1. The number of rotatable bonds is 9. The second-order valence-corrected chi connectivity index (χ2v) is 9.01. The van der Waals surface area contributed by atoms with Gasteiger partial charge in [0.05, 0.1) is 16.7 Å². The normalized spacial score (nSPS) is 17.9. The minimum Gasteiger partial charge on any atom is -0.390 e. The highest BCUT2D eigenvalue weighted by Gasteiger charge is 2.45. The van der Waals surface area contributed by atoms with E-state index in [1.165, 1.54) is 17.0 Å². The van der Waals surface area contributed by atoms with Crippen molar-refractivity contribution in [3.63, 3.8) is 0 Å². The largest absolute Gasteiger partial charge is 0.390 e. The molecule has 4 N–H and O–H groups in total. The molecule has 7 heteroatoms. The van der Waals surface area contributed by atoms with Crippen molar-refractivity contribution >= 4 is 11.3 Å². The van der Waals surface area contributed by atoms with Crippen molar-refractivity contribution in [2.24, 2.45) is 11.7 Å². The summed E-state index contributed by atoms with van der Waals surface area (Å²) in [6.07, 6.45) is 4.32. The van der Waals surface area contributed by atoms with Gasteiger partial charge in [-0.3, -0.25) is 0 Å². The zero-order chi connectivity index (χ0) is 19.6. The molecule has 1 aromatic carbocycles. The van der Waals surface area contributed by atoms with Gasteiger partial charge < -0.3 is 16.2 Å². The number of aliphatic hydroxyl groups is 1. The summed E-state index contributed by atoms with van der Waals surface area (Å²) in [6.45, 7) is 4.68. The van der Waals surface area contributed by atoms with Crippen LogP contribution in [0.4, 0.5) is 8.78 Å². The molecular weight excluding hydrogens is 368 g/mol. The molecule has 1 aliphatic rings. The van der Waals surface area contributed by atoms with Crippen molar-refractivity contribution in [1.82, 2.24) is 10.3 Å². The molecule has 1 aromatic heterocycles. The van der Waals surface area contributed by atoms with E-state index in [0.717, 1.165) is 30.3 Å². The van der Waals surface area contributed by atoms with Crippen molar-refractivity contribution in [2.75, 3.05) is 6.54 Å². The molecule has 0 amide bonds. The average Bonchev–Trinajstić information content (AvgIpc) is 3.22. The van der Waals surface area contributed by atoms with E-state index in [2.05, 4.69) is 24.1 Å². The van der Waals surface area contributed by atoms with Crippen LogP contribution in [0.5, 0.6) is 0 Å². The molecule has 3 rings (SSSR count). The molecule has 4 nitrogen and oxygen atoms in total. The molecule has 0 bridgehead atoms. The van der Waals surface area contributed by atoms with Gasteiger partial charge in [-0.05, 0) is 42.9 Å². The number of benzene rings is 1. The van der Waals surface area contributed by atoms with Gasteiger partial charge in [0.15, 0.2) is 0 Å². The van der Waals surface area contributed by atoms with E-state index >= 15 is 0 Å². The van der Waals surface area contributed by atoms with Crippen LogP contribution in [0.25, 0.3) is 0 Å². The molecular formula is C20H27F2N3OS.